The van der Waals surface area contributed by atoms with E-state index in [0.717, 1.165) is 43.7 Å². The van der Waals surface area contributed by atoms with Crippen molar-refractivity contribution in [3.8, 4) is 12.1 Å². The highest BCUT2D eigenvalue weighted by molar-refractivity contribution is 5.54. The Balaban J connectivity index is 1.11. The summed E-state index contributed by atoms with van der Waals surface area (Å²) in [5, 5.41) is 39.8. The molecule has 5 atom stereocenters. The van der Waals surface area contributed by atoms with Crippen molar-refractivity contribution >= 4 is 11.8 Å². The summed E-state index contributed by atoms with van der Waals surface area (Å²) in [6.45, 7) is 1.28. The molecule has 0 spiro atoms. The van der Waals surface area contributed by atoms with Crippen molar-refractivity contribution in [2.24, 2.45) is 23.2 Å². The van der Waals surface area contributed by atoms with Crippen LogP contribution in [0.15, 0.2) is 30.5 Å². The minimum absolute atomic E-state index is 0.106. The van der Waals surface area contributed by atoms with E-state index in [1.807, 2.05) is 18.2 Å². The molecule has 0 aliphatic heterocycles. The van der Waals surface area contributed by atoms with Crippen LogP contribution >= 0.6 is 0 Å². The Morgan fingerprint density at radius 3 is 2.42 bits per heavy atom. The molecule has 1 heterocycles. The average Bonchev–Trinajstić information content (AvgIpc) is 2.93. The smallest absolute Gasteiger partial charge is 0.224 e. The number of rotatable bonds is 8. The van der Waals surface area contributed by atoms with Crippen LogP contribution in [0.5, 0.6) is 0 Å². The molecule has 8 heteroatoms. The number of nitrogens with zero attached hydrogens (tertiary/aromatic N) is 4. The van der Waals surface area contributed by atoms with E-state index in [-0.39, 0.29) is 11.5 Å². The van der Waals surface area contributed by atoms with Crippen LogP contribution in [-0.2, 0) is 6.54 Å². The average molecular weight is 512 g/mol. The topological polar surface area (TPSA) is 130 Å². The Kier molecular flexibility index (Phi) is 6.95. The first-order chi connectivity index (χ1) is 18.5. The predicted octanol–water partition coefficient (Wildman–Crippen LogP) is 4.33. The van der Waals surface area contributed by atoms with Gasteiger partial charge in [-0.25, -0.2) is 4.98 Å². The van der Waals surface area contributed by atoms with E-state index in [1.54, 1.807) is 12.3 Å². The van der Waals surface area contributed by atoms with E-state index < -0.39 is 0 Å². The van der Waals surface area contributed by atoms with Gasteiger partial charge < -0.3 is 21.1 Å². The minimum Gasteiger partial charge on any atom is -0.393 e. The molecule has 5 aliphatic carbocycles. The lowest BCUT2D eigenvalue weighted by Gasteiger charge is -2.61. The number of nitrogens with one attached hydrogen (secondary N) is 3. The van der Waals surface area contributed by atoms with Crippen molar-refractivity contribution in [2.75, 3.05) is 17.2 Å². The summed E-state index contributed by atoms with van der Waals surface area (Å²) in [6.07, 6.45) is 11.9. The lowest BCUT2D eigenvalue weighted by molar-refractivity contribution is -0.0737. The fraction of sp³-hybridized carbons (Fsp3) is 0.600. The Labute approximate surface area is 224 Å². The van der Waals surface area contributed by atoms with E-state index in [2.05, 4.69) is 38.1 Å². The first kappa shape index (κ1) is 25.1. The zero-order chi connectivity index (χ0) is 26.1. The number of nitriles is 2. The summed E-state index contributed by atoms with van der Waals surface area (Å²) >= 11 is 0. The minimum atomic E-state index is -0.106. The molecule has 0 amide bonds. The van der Waals surface area contributed by atoms with Crippen LogP contribution < -0.4 is 16.0 Å². The molecule has 0 radical (unpaired) electrons. The molecule has 7 rings (SSSR count). The number of aliphatic hydroxyl groups excluding tert-OH is 1. The highest BCUT2D eigenvalue weighted by atomic mass is 16.3. The second-order valence-corrected chi connectivity index (χ2v) is 12.2. The highest BCUT2D eigenvalue weighted by Gasteiger charge is 2.55. The molecular weight excluding hydrogens is 474 g/mol. The Morgan fingerprint density at radius 1 is 0.947 bits per heavy atom. The van der Waals surface area contributed by atoms with Gasteiger partial charge in [0.15, 0.2) is 0 Å². The maximum atomic E-state index is 9.90. The van der Waals surface area contributed by atoms with Gasteiger partial charge in [-0.2, -0.15) is 15.5 Å². The second kappa shape index (κ2) is 10.5. The Morgan fingerprint density at radius 2 is 1.68 bits per heavy atom. The third-order valence-corrected chi connectivity index (χ3v) is 9.64. The molecule has 5 saturated carbocycles. The van der Waals surface area contributed by atoms with Crippen molar-refractivity contribution in [1.82, 2.24) is 15.3 Å². The van der Waals surface area contributed by atoms with Gasteiger partial charge in [0.2, 0.25) is 5.95 Å². The Hall–Kier alpha value is -3.20. The molecule has 4 bridgehead atoms. The van der Waals surface area contributed by atoms with Crippen LogP contribution in [0.4, 0.5) is 11.8 Å². The number of hydrogen-bond donors (Lipinski definition) is 4. The molecule has 1 unspecified atom stereocenters. The van der Waals surface area contributed by atoms with E-state index in [0.29, 0.717) is 53.4 Å². The Bertz CT molecular complexity index is 1230. The summed E-state index contributed by atoms with van der Waals surface area (Å²) in [5.74, 6) is 3.27. The number of hydrogen-bond acceptors (Lipinski definition) is 8. The van der Waals surface area contributed by atoms with Crippen molar-refractivity contribution in [3.05, 3.63) is 47.2 Å². The molecule has 5 aliphatic rings. The van der Waals surface area contributed by atoms with Crippen LogP contribution in [-0.4, -0.2) is 39.8 Å². The van der Waals surface area contributed by atoms with Crippen molar-refractivity contribution in [1.29, 1.82) is 10.5 Å². The standard InChI is InChI=1S/C30H37N7O/c31-14-20-3-1-2-4-21(20)16-33-29-34-17-24(15-32)28(37-29)35-18-30-11-19-9-22(12-30)27(23(10-19)13-30)36-25-5-7-26(38)8-6-25/h1-4,17,19,22-23,25-27,36,38H,5-13,16,18H2,(H2,33,34,35,37)/t19?,22-,23+,25?,26?,27-,30-. The van der Waals surface area contributed by atoms with Gasteiger partial charge in [-0.15, -0.1) is 0 Å². The molecule has 8 nitrogen and oxygen atoms in total. The summed E-state index contributed by atoms with van der Waals surface area (Å²) in [6, 6.07) is 13.1. The molecule has 2 aromatic rings. The predicted molar refractivity (Wildman–Crippen MR) is 145 cm³/mol. The monoisotopic (exact) mass is 511 g/mol. The number of anilines is 2. The van der Waals surface area contributed by atoms with E-state index in [1.165, 1.54) is 32.1 Å². The van der Waals surface area contributed by atoms with Crippen LogP contribution in [0.1, 0.15) is 74.5 Å². The summed E-state index contributed by atoms with van der Waals surface area (Å²) in [5.41, 5.74) is 2.23. The molecule has 198 valence electrons. The van der Waals surface area contributed by atoms with Crippen LogP contribution in [0.3, 0.4) is 0 Å². The second-order valence-electron chi connectivity index (χ2n) is 12.2. The number of aromatic nitrogens is 2. The maximum absolute atomic E-state index is 9.90. The van der Waals surface area contributed by atoms with Gasteiger partial charge in [-0.05, 0) is 92.6 Å². The molecule has 38 heavy (non-hydrogen) atoms. The third-order valence-electron chi connectivity index (χ3n) is 9.64. The van der Waals surface area contributed by atoms with Gasteiger partial charge in [-0.3, -0.25) is 0 Å². The largest absolute Gasteiger partial charge is 0.393 e. The first-order valence-corrected chi connectivity index (χ1v) is 14.2. The van der Waals surface area contributed by atoms with Gasteiger partial charge in [0.05, 0.1) is 23.9 Å². The lowest BCUT2D eigenvalue weighted by atomic mass is 9.47. The molecule has 1 aromatic heterocycles. The van der Waals surface area contributed by atoms with E-state index in [9.17, 15) is 15.6 Å². The maximum Gasteiger partial charge on any atom is 0.224 e. The fourth-order valence-corrected chi connectivity index (χ4v) is 8.11. The SMILES string of the molecule is N#Cc1ccccc1CNc1ncc(C#N)c(NC[C@]23CC4C[C@H](C2)[C@@H](NC2CCC(O)CC2)[C@@H](C4)C3)n1. The normalized spacial score (nSPS) is 33.3. The third kappa shape index (κ3) is 5.08. The van der Waals surface area contributed by atoms with Gasteiger partial charge in [0.1, 0.15) is 17.5 Å². The molecule has 0 saturated heterocycles. The quantitative estimate of drug-likeness (QED) is 0.412. The summed E-state index contributed by atoms with van der Waals surface area (Å²) < 4.78 is 0. The number of aliphatic hydroxyl groups is 1. The van der Waals surface area contributed by atoms with Crippen LogP contribution in [0.2, 0.25) is 0 Å². The van der Waals surface area contributed by atoms with E-state index >= 15 is 0 Å². The van der Waals surface area contributed by atoms with Gasteiger partial charge in [-0.1, -0.05) is 18.2 Å². The zero-order valence-corrected chi connectivity index (χ0v) is 21.9. The van der Waals surface area contributed by atoms with Crippen molar-refractivity contribution in [3.63, 3.8) is 0 Å². The number of benzene rings is 1. The highest BCUT2D eigenvalue weighted by Crippen LogP contribution is 2.60. The lowest BCUT2D eigenvalue weighted by Crippen LogP contribution is -2.61. The van der Waals surface area contributed by atoms with Gasteiger partial charge >= 0.3 is 0 Å². The fourth-order valence-electron chi connectivity index (χ4n) is 8.11. The summed E-state index contributed by atoms with van der Waals surface area (Å²) in [4.78, 5) is 8.99. The van der Waals surface area contributed by atoms with Crippen molar-refractivity contribution < 1.29 is 5.11 Å². The van der Waals surface area contributed by atoms with Gasteiger partial charge in [0.25, 0.3) is 0 Å². The molecule has 1 aromatic carbocycles. The first-order valence-electron chi connectivity index (χ1n) is 14.2. The van der Waals surface area contributed by atoms with Crippen LogP contribution in [0, 0.1) is 45.8 Å². The van der Waals surface area contributed by atoms with Gasteiger partial charge in [0, 0.05) is 25.2 Å². The summed E-state index contributed by atoms with van der Waals surface area (Å²) in [7, 11) is 0. The van der Waals surface area contributed by atoms with E-state index in [4.69, 9.17) is 0 Å². The molecular formula is C30H37N7O. The van der Waals surface area contributed by atoms with Crippen LogP contribution in [0.25, 0.3) is 0 Å². The molecule has 4 N–H and O–H groups in total. The zero-order valence-electron chi connectivity index (χ0n) is 21.9. The van der Waals surface area contributed by atoms with Crippen molar-refractivity contribution in [2.45, 2.75) is 82.5 Å². The molecule has 5 fully saturated rings.